The Morgan fingerprint density at radius 3 is 2.32 bits per heavy atom. The first-order valence-electron chi connectivity index (χ1n) is 8.93. The minimum absolute atomic E-state index is 0.0984. The highest BCUT2D eigenvalue weighted by atomic mass is 32.2. The van der Waals surface area contributed by atoms with Gasteiger partial charge >= 0.3 is 0 Å². The van der Waals surface area contributed by atoms with Gasteiger partial charge in [0.1, 0.15) is 29.6 Å². The minimum atomic E-state index is -3.59. The molecule has 3 aromatic rings. The van der Waals surface area contributed by atoms with Crippen molar-refractivity contribution in [1.29, 1.82) is 0 Å². The molecule has 0 unspecified atom stereocenters. The first-order valence-corrected chi connectivity index (χ1v) is 10.4. The lowest BCUT2D eigenvalue weighted by atomic mass is 10.3. The number of imidazole rings is 2. The van der Waals surface area contributed by atoms with Crippen LogP contribution in [0.5, 0.6) is 0 Å². The quantitative estimate of drug-likeness (QED) is 0.627. The van der Waals surface area contributed by atoms with Crippen molar-refractivity contribution in [3.8, 4) is 5.82 Å². The average Bonchev–Trinajstić information content (AvgIpc) is 3.32. The van der Waals surface area contributed by atoms with Crippen molar-refractivity contribution in [2.45, 2.75) is 18.9 Å². The van der Waals surface area contributed by atoms with Crippen LogP contribution in [0.15, 0.2) is 36.0 Å². The number of rotatable bonds is 4. The molecule has 1 aliphatic rings. The largest absolute Gasteiger partial charge is 0.354 e. The van der Waals surface area contributed by atoms with Crippen molar-refractivity contribution in [1.82, 2.24) is 33.4 Å². The molecule has 0 amide bonds. The van der Waals surface area contributed by atoms with Crippen LogP contribution in [0.1, 0.15) is 11.6 Å². The number of sulfonamides is 1. The van der Waals surface area contributed by atoms with Crippen molar-refractivity contribution in [2.75, 3.05) is 31.1 Å². The van der Waals surface area contributed by atoms with Crippen molar-refractivity contribution < 1.29 is 8.42 Å². The Labute approximate surface area is 163 Å². The average molecular weight is 402 g/mol. The van der Waals surface area contributed by atoms with Gasteiger partial charge in [-0.1, -0.05) is 0 Å². The van der Waals surface area contributed by atoms with Gasteiger partial charge in [-0.3, -0.25) is 4.57 Å². The van der Waals surface area contributed by atoms with Crippen LogP contribution in [-0.2, 0) is 17.1 Å². The Kier molecular flexibility index (Phi) is 4.63. The summed E-state index contributed by atoms with van der Waals surface area (Å²) in [7, 11) is -1.81. The van der Waals surface area contributed by atoms with Gasteiger partial charge in [0.05, 0.1) is 0 Å². The molecule has 3 aromatic heterocycles. The summed E-state index contributed by atoms with van der Waals surface area (Å²) < 4.78 is 30.7. The fraction of sp³-hybridized carbons (Fsp3) is 0.412. The second-order valence-corrected chi connectivity index (χ2v) is 8.61. The van der Waals surface area contributed by atoms with Crippen molar-refractivity contribution in [2.24, 2.45) is 7.05 Å². The summed E-state index contributed by atoms with van der Waals surface area (Å²) in [6, 6.07) is 1.89. The standard InChI is InChI=1S/C17H22N8O2S/c1-13-19-15(10-16(20-13)24-5-4-18-12-24)23-6-8-25(9-7-23)28(26,27)17-11-22(3)14(2)21-17/h4-5,10-12H,6-9H2,1-3H3. The summed E-state index contributed by atoms with van der Waals surface area (Å²) in [5.41, 5.74) is 0. The van der Waals surface area contributed by atoms with E-state index in [0.29, 0.717) is 37.8 Å². The lowest BCUT2D eigenvalue weighted by Crippen LogP contribution is -2.49. The highest BCUT2D eigenvalue weighted by Gasteiger charge is 2.31. The van der Waals surface area contributed by atoms with Gasteiger partial charge in [0.2, 0.25) is 0 Å². The van der Waals surface area contributed by atoms with Crippen LogP contribution >= 0.6 is 0 Å². The molecule has 1 fully saturated rings. The van der Waals surface area contributed by atoms with Crippen molar-refractivity contribution >= 4 is 15.8 Å². The molecule has 1 aliphatic heterocycles. The highest BCUT2D eigenvalue weighted by Crippen LogP contribution is 2.21. The zero-order chi connectivity index (χ0) is 19.9. The van der Waals surface area contributed by atoms with Crippen LogP contribution in [0.25, 0.3) is 5.82 Å². The van der Waals surface area contributed by atoms with E-state index in [0.717, 1.165) is 11.6 Å². The third-order valence-corrected chi connectivity index (χ3v) is 6.60. The molecule has 0 N–H and O–H groups in total. The number of nitrogens with zero attached hydrogens (tertiary/aromatic N) is 8. The molecule has 0 spiro atoms. The minimum Gasteiger partial charge on any atom is -0.354 e. The molecule has 0 aromatic carbocycles. The number of hydrogen-bond donors (Lipinski definition) is 0. The number of anilines is 1. The third-order valence-electron chi connectivity index (χ3n) is 4.83. The Hall–Kier alpha value is -2.79. The zero-order valence-corrected chi connectivity index (χ0v) is 16.8. The topological polar surface area (TPSA) is 102 Å². The van der Waals surface area contributed by atoms with E-state index in [-0.39, 0.29) is 5.03 Å². The van der Waals surface area contributed by atoms with Crippen LogP contribution in [-0.4, -0.2) is 68.0 Å². The molecule has 10 nitrogen and oxygen atoms in total. The Morgan fingerprint density at radius 2 is 1.71 bits per heavy atom. The summed E-state index contributed by atoms with van der Waals surface area (Å²) >= 11 is 0. The maximum absolute atomic E-state index is 12.9. The summed E-state index contributed by atoms with van der Waals surface area (Å²) in [6.45, 7) is 5.47. The van der Waals surface area contributed by atoms with Crippen LogP contribution in [0.3, 0.4) is 0 Å². The molecular weight excluding hydrogens is 380 g/mol. The first-order chi connectivity index (χ1) is 13.3. The van der Waals surface area contributed by atoms with Crippen molar-refractivity contribution in [3.05, 3.63) is 42.6 Å². The molecule has 11 heteroatoms. The number of hydrogen-bond acceptors (Lipinski definition) is 7. The normalized spacial score (nSPS) is 15.9. The van der Waals surface area contributed by atoms with E-state index in [2.05, 4.69) is 24.8 Å². The number of piperazine rings is 1. The Bertz CT molecular complexity index is 1060. The Balaban J connectivity index is 1.51. The SMILES string of the molecule is Cc1nc(N2CCN(S(=O)(=O)c3cn(C)c(C)n3)CC2)cc(-n2ccnc2)n1. The van der Waals surface area contributed by atoms with Crippen LogP contribution in [0.2, 0.25) is 0 Å². The lowest BCUT2D eigenvalue weighted by molar-refractivity contribution is 0.382. The van der Waals surface area contributed by atoms with Gasteiger partial charge in [0, 0.05) is 57.9 Å². The van der Waals surface area contributed by atoms with E-state index in [9.17, 15) is 8.42 Å². The second-order valence-electron chi connectivity index (χ2n) is 6.73. The number of aromatic nitrogens is 6. The Morgan fingerprint density at radius 1 is 1.00 bits per heavy atom. The molecule has 0 bridgehead atoms. The number of aryl methyl sites for hydroxylation is 3. The van der Waals surface area contributed by atoms with Gasteiger partial charge in [-0.25, -0.2) is 28.4 Å². The summed E-state index contributed by atoms with van der Waals surface area (Å²) in [5.74, 6) is 2.84. The van der Waals surface area contributed by atoms with Crippen LogP contribution in [0.4, 0.5) is 5.82 Å². The second kappa shape index (κ2) is 6.99. The van der Waals surface area contributed by atoms with E-state index in [4.69, 9.17) is 0 Å². The highest BCUT2D eigenvalue weighted by molar-refractivity contribution is 7.89. The molecule has 4 rings (SSSR count). The van der Waals surface area contributed by atoms with Gasteiger partial charge in [0.15, 0.2) is 5.03 Å². The molecule has 4 heterocycles. The van der Waals surface area contributed by atoms with E-state index in [1.54, 1.807) is 37.3 Å². The van der Waals surface area contributed by atoms with Gasteiger partial charge in [-0.2, -0.15) is 4.31 Å². The van der Waals surface area contributed by atoms with Gasteiger partial charge in [-0.05, 0) is 13.8 Å². The maximum Gasteiger partial charge on any atom is 0.262 e. The molecular formula is C17H22N8O2S. The van der Waals surface area contributed by atoms with E-state index >= 15 is 0 Å². The third kappa shape index (κ3) is 3.38. The molecule has 0 radical (unpaired) electrons. The first kappa shape index (κ1) is 18.6. The summed E-state index contributed by atoms with van der Waals surface area (Å²) in [6.07, 6.45) is 6.76. The van der Waals surface area contributed by atoms with E-state index in [1.165, 1.54) is 4.31 Å². The van der Waals surface area contributed by atoms with Crippen LogP contribution < -0.4 is 4.90 Å². The monoisotopic (exact) mass is 402 g/mol. The van der Waals surface area contributed by atoms with E-state index in [1.807, 2.05) is 23.8 Å². The predicted octanol–water partition coefficient (Wildman–Crippen LogP) is 0.524. The zero-order valence-electron chi connectivity index (χ0n) is 16.0. The molecule has 0 atom stereocenters. The lowest BCUT2D eigenvalue weighted by Gasteiger charge is -2.34. The summed E-state index contributed by atoms with van der Waals surface area (Å²) in [5, 5.41) is 0.0984. The summed E-state index contributed by atoms with van der Waals surface area (Å²) in [4.78, 5) is 19.3. The maximum atomic E-state index is 12.9. The van der Waals surface area contributed by atoms with Crippen molar-refractivity contribution in [3.63, 3.8) is 0 Å². The van der Waals surface area contributed by atoms with E-state index < -0.39 is 10.0 Å². The fourth-order valence-corrected chi connectivity index (χ4v) is 4.61. The molecule has 1 saturated heterocycles. The van der Waals surface area contributed by atoms with Gasteiger partial charge in [-0.15, -0.1) is 0 Å². The van der Waals surface area contributed by atoms with Crippen LogP contribution in [0, 0.1) is 13.8 Å². The van der Waals surface area contributed by atoms with Gasteiger partial charge < -0.3 is 9.47 Å². The molecule has 0 saturated carbocycles. The molecule has 148 valence electrons. The fourth-order valence-electron chi connectivity index (χ4n) is 3.17. The molecule has 0 aliphatic carbocycles. The molecule has 28 heavy (non-hydrogen) atoms. The van der Waals surface area contributed by atoms with Gasteiger partial charge in [0.25, 0.3) is 10.0 Å². The smallest absolute Gasteiger partial charge is 0.262 e. The predicted molar refractivity (Wildman–Crippen MR) is 103 cm³/mol.